The van der Waals surface area contributed by atoms with Gasteiger partial charge in [0.2, 0.25) is 0 Å². The van der Waals surface area contributed by atoms with Gasteiger partial charge in [-0.2, -0.15) is 13.2 Å². The molecule has 1 heterocycles. The van der Waals surface area contributed by atoms with Crippen molar-refractivity contribution in [1.82, 2.24) is 9.97 Å². The normalized spacial score (nSPS) is 14.9. The number of anilines is 3. The fourth-order valence-corrected chi connectivity index (χ4v) is 4.37. The van der Waals surface area contributed by atoms with Crippen LogP contribution < -0.4 is 16.4 Å². The van der Waals surface area contributed by atoms with E-state index in [0.29, 0.717) is 23.2 Å². The van der Waals surface area contributed by atoms with Crippen LogP contribution in [0.15, 0.2) is 36.9 Å². The molecule has 0 saturated heterocycles. The van der Waals surface area contributed by atoms with Crippen molar-refractivity contribution in [2.45, 2.75) is 57.8 Å². The quantitative estimate of drug-likeness (QED) is 0.368. The molecule has 174 valence electrons. The zero-order valence-corrected chi connectivity index (χ0v) is 18.6. The molecule has 1 fully saturated rings. The molecule has 0 amide bonds. The maximum Gasteiger partial charge on any atom is 0.416 e. The topological polar surface area (TPSA) is 75.9 Å². The van der Waals surface area contributed by atoms with Crippen molar-refractivity contribution in [3.05, 3.63) is 59.4 Å². The zero-order valence-electron chi connectivity index (χ0n) is 18.6. The fraction of sp³-hybridized carbons (Fsp3) is 0.360. The number of hydrogen-bond acceptors (Lipinski definition) is 5. The van der Waals surface area contributed by atoms with Gasteiger partial charge in [0.15, 0.2) is 0 Å². The van der Waals surface area contributed by atoms with Crippen LogP contribution >= 0.6 is 0 Å². The van der Waals surface area contributed by atoms with E-state index in [1.54, 1.807) is 13.0 Å². The third-order valence-electron chi connectivity index (χ3n) is 5.97. The lowest BCUT2D eigenvalue weighted by atomic mass is 9.95. The molecule has 5 nitrogen and oxygen atoms in total. The highest BCUT2D eigenvalue weighted by molar-refractivity contribution is 5.94. The van der Waals surface area contributed by atoms with Gasteiger partial charge >= 0.3 is 6.18 Å². The standard InChI is InChI=1S/C25H28F3N5/c1-3-17-11-23-21(13-22(17)33-20-7-5-4-6-8-20)24(32-15(2)31-23)30-14-16-9-18(25(26,27)28)12-19(29)10-16/h3,9-13,20,33H,1,4-8,14,29H2,2H3,(H,30,31,32). The van der Waals surface area contributed by atoms with Gasteiger partial charge in [0.25, 0.3) is 0 Å². The van der Waals surface area contributed by atoms with E-state index >= 15 is 0 Å². The first kappa shape index (κ1) is 22.9. The minimum atomic E-state index is -4.46. The number of aromatic nitrogens is 2. The molecule has 1 aliphatic carbocycles. The van der Waals surface area contributed by atoms with Gasteiger partial charge < -0.3 is 16.4 Å². The van der Waals surface area contributed by atoms with Gasteiger partial charge in [0, 0.05) is 29.3 Å². The molecule has 0 bridgehead atoms. The Morgan fingerprint density at radius 3 is 2.55 bits per heavy atom. The number of nitrogen functional groups attached to an aromatic ring is 1. The lowest BCUT2D eigenvalue weighted by Crippen LogP contribution is -2.22. The van der Waals surface area contributed by atoms with Crippen LogP contribution in [-0.4, -0.2) is 16.0 Å². The van der Waals surface area contributed by atoms with Gasteiger partial charge in [-0.15, -0.1) is 0 Å². The van der Waals surface area contributed by atoms with Crippen molar-refractivity contribution >= 4 is 34.2 Å². The van der Waals surface area contributed by atoms with Crippen LogP contribution in [0.25, 0.3) is 17.0 Å². The molecule has 0 radical (unpaired) electrons. The number of alkyl halides is 3. The van der Waals surface area contributed by atoms with Crippen molar-refractivity contribution in [1.29, 1.82) is 0 Å². The van der Waals surface area contributed by atoms with Crippen molar-refractivity contribution in [3.63, 3.8) is 0 Å². The predicted octanol–water partition coefficient (Wildman–Crippen LogP) is 6.54. The summed E-state index contributed by atoms with van der Waals surface area (Å²) in [5.41, 5.74) is 8.11. The minimum Gasteiger partial charge on any atom is -0.399 e. The molecule has 1 saturated carbocycles. The summed E-state index contributed by atoms with van der Waals surface area (Å²) in [5, 5.41) is 7.63. The Bertz CT molecular complexity index is 1170. The summed E-state index contributed by atoms with van der Waals surface area (Å²) < 4.78 is 39.5. The third kappa shape index (κ3) is 5.38. The maximum absolute atomic E-state index is 13.2. The number of hydrogen-bond donors (Lipinski definition) is 3. The Morgan fingerprint density at radius 2 is 1.85 bits per heavy atom. The average molecular weight is 456 g/mol. The molecule has 1 aromatic heterocycles. The van der Waals surface area contributed by atoms with Crippen LogP contribution in [0.4, 0.5) is 30.4 Å². The summed E-state index contributed by atoms with van der Waals surface area (Å²) in [7, 11) is 0. The molecule has 1 aliphatic rings. The van der Waals surface area contributed by atoms with Crippen molar-refractivity contribution in [2.75, 3.05) is 16.4 Å². The second-order valence-corrected chi connectivity index (χ2v) is 8.57. The van der Waals surface area contributed by atoms with Crippen LogP contribution in [0.5, 0.6) is 0 Å². The number of fused-ring (bicyclic) bond motifs is 1. The Labute approximate surface area is 191 Å². The van der Waals surface area contributed by atoms with E-state index in [0.717, 1.165) is 47.1 Å². The van der Waals surface area contributed by atoms with Crippen LogP contribution in [0.1, 0.15) is 54.6 Å². The first-order chi connectivity index (χ1) is 15.7. The number of nitrogens with zero attached hydrogens (tertiary/aromatic N) is 2. The first-order valence-corrected chi connectivity index (χ1v) is 11.1. The third-order valence-corrected chi connectivity index (χ3v) is 5.97. The molecule has 3 aromatic rings. The molecular formula is C25H28F3N5. The monoisotopic (exact) mass is 455 g/mol. The fourth-order valence-electron chi connectivity index (χ4n) is 4.37. The molecule has 8 heteroatoms. The van der Waals surface area contributed by atoms with E-state index in [1.807, 2.05) is 12.1 Å². The molecule has 0 atom stereocenters. The number of aryl methyl sites for hydroxylation is 1. The van der Waals surface area contributed by atoms with Gasteiger partial charge in [-0.25, -0.2) is 9.97 Å². The Balaban J connectivity index is 1.66. The molecule has 33 heavy (non-hydrogen) atoms. The second kappa shape index (κ2) is 9.29. The molecule has 0 aliphatic heterocycles. The lowest BCUT2D eigenvalue weighted by Gasteiger charge is -2.25. The maximum atomic E-state index is 13.2. The molecular weight excluding hydrogens is 427 g/mol. The summed E-state index contributed by atoms with van der Waals surface area (Å²) in [6.45, 7) is 5.88. The average Bonchev–Trinajstić information content (AvgIpc) is 2.77. The number of nitrogens with one attached hydrogen (secondary N) is 2. The predicted molar refractivity (Wildman–Crippen MR) is 128 cm³/mol. The van der Waals surface area contributed by atoms with Crippen LogP contribution in [-0.2, 0) is 12.7 Å². The molecule has 0 unspecified atom stereocenters. The minimum absolute atomic E-state index is 0.0694. The van der Waals surface area contributed by atoms with Gasteiger partial charge in [-0.1, -0.05) is 31.9 Å². The van der Waals surface area contributed by atoms with Gasteiger partial charge in [-0.05, 0) is 61.2 Å². The van der Waals surface area contributed by atoms with E-state index in [4.69, 9.17) is 5.73 Å². The number of rotatable bonds is 6. The Morgan fingerprint density at radius 1 is 1.09 bits per heavy atom. The lowest BCUT2D eigenvalue weighted by molar-refractivity contribution is -0.137. The zero-order chi connectivity index (χ0) is 23.6. The molecule has 0 spiro atoms. The van der Waals surface area contributed by atoms with Gasteiger partial charge in [0.05, 0.1) is 11.1 Å². The summed E-state index contributed by atoms with van der Waals surface area (Å²) in [6, 6.07) is 7.95. The summed E-state index contributed by atoms with van der Waals surface area (Å²) in [5.74, 6) is 1.13. The SMILES string of the molecule is C=Cc1cc2nc(C)nc(NCc3cc(N)cc(C(F)(F)F)c3)c2cc1NC1CCCCC1. The van der Waals surface area contributed by atoms with Crippen molar-refractivity contribution in [2.24, 2.45) is 0 Å². The van der Waals surface area contributed by atoms with E-state index in [-0.39, 0.29) is 12.2 Å². The van der Waals surface area contributed by atoms with Crippen LogP contribution in [0.2, 0.25) is 0 Å². The number of benzene rings is 2. The Hall–Kier alpha value is -3.29. The molecule has 4 N–H and O–H groups in total. The van der Waals surface area contributed by atoms with Gasteiger partial charge in [0.1, 0.15) is 11.6 Å². The van der Waals surface area contributed by atoms with E-state index in [1.165, 1.54) is 25.3 Å². The van der Waals surface area contributed by atoms with E-state index in [2.05, 4.69) is 27.2 Å². The highest BCUT2D eigenvalue weighted by Crippen LogP contribution is 2.33. The Kier molecular flexibility index (Phi) is 6.44. The number of nitrogens with two attached hydrogens (primary N) is 1. The van der Waals surface area contributed by atoms with Crippen LogP contribution in [0, 0.1) is 6.92 Å². The molecule has 4 rings (SSSR count). The summed E-state index contributed by atoms with van der Waals surface area (Å²) in [4.78, 5) is 9.08. The molecule has 2 aromatic carbocycles. The number of halogens is 3. The largest absolute Gasteiger partial charge is 0.416 e. The van der Waals surface area contributed by atoms with Gasteiger partial charge in [-0.3, -0.25) is 0 Å². The van der Waals surface area contributed by atoms with Crippen molar-refractivity contribution in [3.8, 4) is 0 Å². The first-order valence-electron chi connectivity index (χ1n) is 11.1. The van der Waals surface area contributed by atoms with E-state index < -0.39 is 11.7 Å². The van der Waals surface area contributed by atoms with Crippen molar-refractivity contribution < 1.29 is 13.2 Å². The second-order valence-electron chi connectivity index (χ2n) is 8.57. The summed E-state index contributed by atoms with van der Waals surface area (Å²) >= 11 is 0. The highest BCUT2D eigenvalue weighted by atomic mass is 19.4. The van der Waals surface area contributed by atoms with E-state index in [9.17, 15) is 13.2 Å². The summed E-state index contributed by atoms with van der Waals surface area (Å²) in [6.07, 6.45) is 3.30. The highest BCUT2D eigenvalue weighted by Gasteiger charge is 2.31. The smallest absolute Gasteiger partial charge is 0.399 e. The van der Waals surface area contributed by atoms with Crippen LogP contribution in [0.3, 0.4) is 0 Å².